The third kappa shape index (κ3) is 4.57. The lowest BCUT2D eigenvalue weighted by atomic mass is 10.1. The summed E-state index contributed by atoms with van der Waals surface area (Å²) in [5.41, 5.74) is 0.626. The van der Waals surface area contributed by atoms with Gasteiger partial charge in [0.15, 0.2) is 0 Å². The van der Waals surface area contributed by atoms with E-state index in [1.165, 1.54) is 0 Å². The quantitative estimate of drug-likeness (QED) is 0.773. The van der Waals surface area contributed by atoms with Gasteiger partial charge in [0.05, 0.1) is 19.3 Å². The van der Waals surface area contributed by atoms with E-state index in [0.29, 0.717) is 19.2 Å². The minimum atomic E-state index is -1.28. The van der Waals surface area contributed by atoms with Crippen LogP contribution in [0.2, 0.25) is 0 Å². The average Bonchev–Trinajstić information content (AvgIpc) is 2.94. The second kappa shape index (κ2) is 7.80. The van der Waals surface area contributed by atoms with E-state index in [1.807, 2.05) is 0 Å². The third-order valence-electron chi connectivity index (χ3n) is 3.24. The minimum Gasteiger partial charge on any atom is -0.480 e. The van der Waals surface area contributed by atoms with Crippen LogP contribution in [0.1, 0.15) is 17.2 Å². The van der Waals surface area contributed by atoms with Crippen molar-refractivity contribution in [3.05, 3.63) is 53.4 Å². The first-order valence-corrected chi connectivity index (χ1v) is 6.92. The average molecular weight is 325 g/mol. The highest BCUT2D eigenvalue weighted by atomic mass is 19.1. The van der Waals surface area contributed by atoms with Crippen LogP contribution in [-0.4, -0.2) is 34.6 Å². The van der Waals surface area contributed by atoms with Crippen LogP contribution in [0.3, 0.4) is 0 Å². The van der Waals surface area contributed by atoms with Crippen LogP contribution in [0.15, 0.2) is 30.6 Å². The van der Waals surface area contributed by atoms with E-state index in [4.69, 9.17) is 4.74 Å². The monoisotopic (exact) mass is 325 g/mol. The Kier molecular flexibility index (Phi) is 5.78. The van der Waals surface area contributed by atoms with Crippen molar-refractivity contribution in [2.75, 3.05) is 13.7 Å². The molecule has 1 heterocycles. The predicted molar refractivity (Wildman–Crippen MR) is 77.7 cm³/mol. The molecule has 2 rings (SSSR count). The lowest BCUT2D eigenvalue weighted by Crippen LogP contribution is -2.28. The third-order valence-corrected chi connectivity index (χ3v) is 3.24. The fourth-order valence-corrected chi connectivity index (χ4v) is 2.09. The first-order valence-electron chi connectivity index (χ1n) is 6.92. The van der Waals surface area contributed by atoms with Crippen LogP contribution in [-0.2, 0) is 22.6 Å². The summed E-state index contributed by atoms with van der Waals surface area (Å²) in [6, 6.07) is 1.53. The minimum absolute atomic E-state index is 0.120. The fraction of sp³-hybridized carbons (Fsp3) is 0.333. The summed E-state index contributed by atoms with van der Waals surface area (Å²) in [4.78, 5) is 11.3. The van der Waals surface area contributed by atoms with Crippen LogP contribution in [0.4, 0.5) is 8.78 Å². The van der Waals surface area contributed by atoms with E-state index in [9.17, 15) is 18.7 Å². The summed E-state index contributed by atoms with van der Waals surface area (Å²) >= 11 is 0. The van der Waals surface area contributed by atoms with Crippen molar-refractivity contribution in [2.24, 2.45) is 0 Å². The zero-order chi connectivity index (χ0) is 16.8. The fourth-order valence-electron chi connectivity index (χ4n) is 2.09. The van der Waals surface area contributed by atoms with Crippen molar-refractivity contribution in [2.45, 2.75) is 19.1 Å². The Morgan fingerprint density at radius 3 is 2.91 bits per heavy atom. The molecule has 23 heavy (non-hydrogen) atoms. The summed E-state index contributed by atoms with van der Waals surface area (Å²) in [7, 11) is 1.58. The van der Waals surface area contributed by atoms with E-state index in [-0.39, 0.29) is 12.1 Å². The van der Waals surface area contributed by atoms with Gasteiger partial charge in [-0.15, -0.1) is 0 Å². The highest BCUT2D eigenvalue weighted by molar-refractivity contribution is 5.75. The lowest BCUT2D eigenvalue weighted by Gasteiger charge is -2.15. The van der Waals surface area contributed by atoms with Crippen LogP contribution >= 0.6 is 0 Å². The molecule has 1 atom stereocenters. The standard InChI is InChI=1S/C15H17F2N3O3/c1-23-5-4-20-9-10(8-19-20)7-18-14(15(21)22)12-3-2-11(16)6-13(12)17/h2-3,6,8-9,14,18H,4-5,7H2,1H3,(H,21,22). The van der Waals surface area contributed by atoms with Crippen molar-refractivity contribution in [3.63, 3.8) is 0 Å². The molecule has 0 saturated heterocycles. The summed E-state index contributed by atoms with van der Waals surface area (Å²) in [6.45, 7) is 1.26. The Labute approximate surface area is 131 Å². The zero-order valence-electron chi connectivity index (χ0n) is 12.5. The van der Waals surface area contributed by atoms with Gasteiger partial charge in [0.25, 0.3) is 0 Å². The van der Waals surface area contributed by atoms with E-state index in [2.05, 4.69) is 10.4 Å². The topological polar surface area (TPSA) is 76.4 Å². The number of aromatic nitrogens is 2. The van der Waals surface area contributed by atoms with Crippen molar-refractivity contribution in [3.8, 4) is 0 Å². The Balaban J connectivity index is 2.05. The van der Waals surface area contributed by atoms with Gasteiger partial charge in [-0.05, 0) is 6.07 Å². The zero-order valence-corrected chi connectivity index (χ0v) is 12.5. The molecule has 0 radical (unpaired) electrons. The summed E-state index contributed by atoms with van der Waals surface area (Å²) in [5, 5.41) is 16.1. The van der Waals surface area contributed by atoms with Crippen molar-refractivity contribution in [1.29, 1.82) is 0 Å². The van der Waals surface area contributed by atoms with Gasteiger partial charge in [-0.1, -0.05) is 6.07 Å². The number of carboxylic acid groups (broad SMARTS) is 1. The predicted octanol–water partition coefficient (Wildman–Crippen LogP) is 1.72. The molecule has 0 saturated carbocycles. The number of carboxylic acids is 1. The number of aliphatic carboxylic acids is 1. The molecule has 0 aliphatic heterocycles. The van der Waals surface area contributed by atoms with Gasteiger partial charge in [-0.25, -0.2) is 8.78 Å². The van der Waals surface area contributed by atoms with Gasteiger partial charge < -0.3 is 9.84 Å². The van der Waals surface area contributed by atoms with E-state index in [0.717, 1.165) is 17.7 Å². The van der Waals surface area contributed by atoms with Crippen LogP contribution in [0.5, 0.6) is 0 Å². The second-order valence-electron chi connectivity index (χ2n) is 4.92. The molecule has 1 aromatic carbocycles. The Morgan fingerprint density at radius 1 is 1.48 bits per heavy atom. The molecule has 0 amide bonds. The normalized spacial score (nSPS) is 12.3. The smallest absolute Gasteiger partial charge is 0.325 e. The van der Waals surface area contributed by atoms with Crippen molar-refractivity contribution >= 4 is 5.97 Å². The first kappa shape index (κ1) is 17.0. The van der Waals surface area contributed by atoms with Gasteiger partial charge in [-0.3, -0.25) is 14.8 Å². The van der Waals surface area contributed by atoms with E-state index in [1.54, 1.807) is 24.2 Å². The molecular weight excluding hydrogens is 308 g/mol. The van der Waals surface area contributed by atoms with Crippen molar-refractivity contribution < 1.29 is 23.4 Å². The highest BCUT2D eigenvalue weighted by Crippen LogP contribution is 2.19. The number of rotatable bonds is 8. The second-order valence-corrected chi connectivity index (χ2v) is 4.92. The molecule has 0 bridgehead atoms. The summed E-state index contributed by atoms with van der Waals surface area (Å²) in [5.74, 6) is -2.90. The Bertz CT molecular complexity index is 676. The van der Waals surface area contributed by atoms with Crippen LogP contribution in [0.25, 0.3) is 0 Å². The van der Waals surface area contributed by atoms with Crippen molar-refractivity contribution in [1.82, 2.24) is 15.1 Å². The number of methoxy groups -OCH3 is 1. The Hall–Kier alpha value is -2.32. The summed E-state index contributed by atoms with van der Waals surface area (Å²) in [6.07, 6.45) is 3.33. The molecule has 1 aromatic heterocycles. The number of hydrogen-bond acceptors (Lipinski definition) is 4. The largest absolute Gasteiger partial charge is 0.480 e. The van der Waals surface area contributed by atoms with E-state index >= 15 is 0 Å². The maximum Gasteiger partial charge on any atom is 0.325 e. The molecule has 0 fully saturated rings. The number of benzene rings is 1. The molecule has 6 nitrogen and oxygen atoms in total. The molecular formula is C15H17F2N3O3. The van der Waals surface area contributed by atoms with Gasteiger partial charge in [0, 0.05) is 37.0 Å². The maximum atomic E-state index is 13.8. The molecule has 1 unspecified atom stereocenters. The maximum absolute atomic E-state index is 13.8. The van der Waals surface area contributed by atoms with Crippen LogP contribution in [0, 0.1) is 11.6 Å². The molecule has 2 aromatic rings. The van der Waals surface area contributed by atoms with Gasteiger partial charge >= 0.3 is 5.97 Å². The molecule has 0 aliphatic rings. The lowest BCUT2D eigenvalue weighted by molar-refractivity contribution is -0.139. The van der Waals surface area contributed by atoms with Gasteiger partial charge in [0.2, 0.25) is 0 Å². The first-order chi connectivity index (χ1) is 11.0. The molecule has 0 spiro atoms. The molecule has 0 aliphatic carbocycles. The molecule has 124 valence electrons. The number of carbonyl (C=O) groups is 1. The summed E-state index contributed by atoms with van der Waals surface area (Å²) < 4.78 is 33.3. The number of nitrogens with one attached hydrogen (secondary N) is 1. The molecule has 2 N–H and O–H groups in total. The SMILES string of the molecule is COCCn1cc(CNC(C(=O)O)c2ccc(F)cc2F)cn1. The van der Waals surface area contributed by atoms with E-state index < -0.39 is 23.6 Å². The number of hydrogen-bond donors (Lipinski definition) is 2. The Morgan fingerprint density at radius 2 is 2.26 bits per heavy atom. The number of ether oxygens (including phenoxy) is 1. The van der Waals surface area contributed by atoms with Gasteiger partial charge in [-0.2, -0.15) is 5.10 Å². The highest BCUT2D eigenvalue weighted by Gasteiger charge is 2.23. The number of halogens is 2. The van der Waals surface area contributed by atoms with Crippen LogP contribution < -0.4 is 5.32 Å². The van der Waals surface area contributed by atoms with Gasteiger partial charge in [0.1, 0.15) is 17.7 Å². The molecule has 8 heteroatoms. The number of nitrogens with zero attached hydrogens (tertiary/aromatic N) is 2.